The number of rotatable bonds is 52. The average Bonchev–Trinajstić information content (AvgIpc) is 3.29. The molecule has 0 aliphatic rings. The van der Waals surface area contributed by atoms with Gasteiger partial charge in [0.15, 0.2) is 0 Å². The van der Waals surface area contributed by atoms with Gasteiger partial charge in [0, 0.05) is 0 Å². The third-order valence-electron chi connectivity index (χ3n) is 13.2. The third kappa shape index (κ3) is 48.3. The van der Waals surface area contributed by atoms with E-state index in [0.717, 1.165) is 44.9 Å². The number of hydrogen-bond acceptors (Lipinski definition) is 4. The number of nitrogens with one attached hydrogen (secondary N) is 1. The van der Waals surface area contributed by atoms with Crippen LogP contribution in [0.3, 0.4) is 0 Å². The summed E-state index contributed by atoms with van der Waals surface area (Å²) < 4.78 is 0. The maximum Gasteiger partial charge on any atom is 0.249 e. The molecule has 0 rings (SSSR count). The molecule has 0 aromatic heterocycles. The normalized spacial score (nSPS) is 13.5. The van der Waals surface area contributed by atoms with Gasteiger partial charge < -0.3 is 20.6 Å². The van der Waals surface area contributed by atoms with E-state index in [-0.39, 0.29) is 6.61 Å². The summed E-state index contributed by atoms with van der Waals surface area (Å²) in [7, 11) is 0. The standard InChI is InChI=1S/C58H111NO4/c1-3-5-7-9-11-13-15-17-19-21-23-24-25-26-27-28-29-30-31-32-33-34-35-37-39-41-43-45-47-49-51-53-57(62)58(63)59-55(54-60)56(61)52-50-48-46-44-42-40-38-36-22-20-18-16-14-12-10-8-6-4-2/h22,36,42,44,50,52,55-57,60-62H,3-21,23-35,37-41,43,45-49,51,53-54H2,1-2H3,(H,59,63)/b36-22+,44-42+,52-50+. The van der Waals surface area contributed by atoms with Gasteiger partial charge in [0.25, 0.3) is 0 Å². The lowest BCUT2D eigenvalue weighted by Crippen LogP contribution is -2.48. The number of amides is 1. The van der Waals surface area contributed by atoms with E-state index in [4.69, 9.17) is 0 Å². The molecule has 3 unspecified atom stereocenters. The zero-order valence-electron chi connectivity index (χ0n) is 42.5. The Hall–Kier alpha value is -1.43. The minimum atomic E-state index is -1.11. The molecule has 3 atom stereocenters. The molecular weight excluding hydrogens is 775 g/mol. The van der Waals surface area contributed by atoms with Gasteiger partial charge in [-0.2, -0.15) is 0 Å². The Bertz CT molecular complexity index is 978. The Labute approximate surface area is 394 Å². The molecule has 63 heavy (non-hydrogen) atoms. The quantitative estimate of drug-likeness (QED) is 0.0362. The molecule has 0 aliphatic carbocycles. The number of unbranched alkanes of at least 4 members (excludes halogenated alkanes) is 40. The minimum absolute atomic E-state index is 0.379. The van der Waals surface area contributed by atoms with Crippen LogP contribution in [0.1, 0.15) is 303 Å². The van der Waals surface area contributed by atoms with Gasteiger partial charge >= 0.3 is 0 Å². The Balaban J connectivity index is 3.55. The molecule has 0 aromatic carbocycles. The molecule has 0 radical (unpaired) electrons. The SMILES string of the molecule is CCCCCCCCCC/C=C/CC/C=C/CC/C=C/C(O)C(CO)NC(=O)C(O)CCCCCCCCCCCCCCCCCCCCCCCCCCCCCCCCC. The van der Waals surface area contributed by atoms with Crippen molar-refractivity contribution in [1.82, 2.24) is 5.32 Å². The van der Waals surface area contributed by atoms with Crippen molar-refractivity contribution in [3.05, 3.63) is 36.5 Å². The smallest absolute Gasteiger partial charge is 0.249 e. The van der Waals surface area contributed by atoms with Crippen LogP contribution in [0, 0.1) is 0 Å². The first-order valence-corrected chi connectivity index (χ1v) is 28.3. The van der Waals surface area contributed by atoms with Crippen LogP contribution in [0.25, 0.3) is 0 Å². The van der Waals surface area contributed by atoms with Gasteiger partial charge in [0.2, 0.25) is 5.91 Å². The first kappa shape index (κ1) is 61.6. The van der Waals surface area contributed by atoms with Crippen LogP contribution in [0.15, 0.2) is 36.5 Å². The summed E-state index contributed by atoms with van der Waals surface area (Å²) >= 11 is 0. The van der Waals surface area contributed by atoms with Crippen molar-refractivity contribution in [3.63, 3.8) is 0 Å². The van der Waals surface area contributed by atoms with Crippen LogP contribution in [0.2, 0.25) is 0 Å². The highest BCUT2D eigenvalue weighted by molar-refractivity contribution is 5.80. The second-order valence-electron chi connectivity index (χ2n) is 19.5. The molecule has 0 aliphatic heterocycles. The lowest BCUT2D eigenvalue weighted by molar-refractivity contribution is -0.131. The van der Waals surface area contributed by atoms with Crippen molar-refractivity contribution in [2.24, 2.45) is 0 Å². The van der Waals surface area contributed by atoms with Gasteiger partial charge in [-0.05, 0) is 44.9 Å². The fraction of sp³-hybridized carbons (Fsp3) is 0.879. The minimum Gasteiger partial charge on any atom is -0.394 e. The molecule has 0 aromatic rings. The lowest BCUT2D eigenvalue weighted by atomic mass is 10.0. The van der Waals surface area contributed by atoms with Gasteiger partial charge in [0.1, 0.15) is 6.10 Å². The third-order valence-corrected chi connectivity index (χ3v) is 13.2. The van der Waals surface area contributed by atoms with Crippen LogP contribution >= 0.6 is 0 Å². The first-order chi connectivity index (χ1) is 31.1. The Morgan fingerprint density at radius 3 is 0.968 bits per heavy atom. The summed E-state index contributed by atoms with van der Waals surface area (Å²) in [6.07, 6.45) is 69.5. The van der Waals surface area contributed by atoms with Crippen molar-refractivity contribution in [2.45, 2.75) is 321 Å². The second-order valence-corrected chi connectivity index (χ2v) is 19.5. The van der Waals surface area contributed by atoms with Crippen LogP contribution < -0.4 is 5.32 Å². The summed E-state index contributed by atoms with van der Waals surface area (Å²) in [6.45, 7) is 4.19. The molecule has 4 N–H and O–H groups in total. The Kier molecular flexibility index (Phi) is 52.0. The molecule has 0 heterocycles. The van der Waals surface area contributed by atoms with Crippen LogP contribution in [-0.4, -0.2) is 46.1 Å². The molecular formula is C58H111NO4. The topological polar surface area (TPSA) is 89.8 Å². The predicted octanol–water partition coefficient (Wildman–Crippen LogP) is 17.4. The number of aliphatic hydroxyl groups excluding tert-OH is 3. The lowest BCUT2D eigenvalue weighted by Gasteiger charge is -2.21. The monoisotopic (exact) mass is 886 g/mol. The van der Waals surface area contributed by atoms with Gasteiger partial charge in [-0.15, -0.1) is 0 Å². The fourth-order valence-electron chi connectivity index (χ4n) is 8.81. The molecule has 372 valence electrons. The highest BCUT2D eigenvalue weighted by Gasteiger charge is 2.22. The van der Waals surface area contributed by atoms with E-state index >= 15 is 0 Å². The zero-order valence-corrected chi connectivity index (χ0v) is 42.5. The molecule has 0 spiro atoms. The highest BCUT2D eigenvalue weighted by atomic mass is 16.3. The van der Waals surface area contributed by atoms with Crippen LogP contribution in [-0.2, 0) is 4.79 Å². The van der Waals surface area contributed by atoms with Crippen molar-refractivity contribution in [2.75, 3.05) is 6.61 Å². The molecule has 5 nitrogen and oxygen atoms in total. The largest absolute Gasteiger partial charge is 0.394 e. The van der Waals surface area contributed by atoms with Crippen molar-refractivity contribution >= 4 is 5.91 Å². The van der Waals surface area contributed by atoms with E-state index in [1.807, 2.05) is 6.08 Å². The van der Waals surface area contributed by atoms with Crippen LogP contribution in [0.4, 0.5) is 0 Å². The predicted molar refractivity (Wildman–Crippen MR) is 278 cm³/mol. The molecule has 0 saturated heterocycles. The summed E-state index contributed by atoms with van der Waals surface area (Å²) in [6, 6.07) is -0.820. The number of carbonyl (C=O) groups is 1. The molecule has 0 saturated carbocycles. The maximum absolute atomic E-state index is 12.5. The van der Waals surface area contributed by atoms with E-state index in [0.29, 0.717) is 6.42 Å². The number of allylic oxidation sites excluding steroid dienone is 5. The summed E-state index contributed by atoms with van der Waals surface area (Å²) in [5.74, 6) is -0.512. The number of hydrogen-bond donors (Lipinski definition) is 4. The van der Waals surface area contributed by atoms with Gasteiger partial charge in [0.05, 0.1) is 18.8 Å². The average molecular weight is 887 g/mol. The molecule has 1 amide bonds. The van der Waals surface area contributed by atoms with Crippen molar-refractivity contribution in [1.29, 1.82) is 0 Å². The fourth-order valence-corrected chi connectivity index (χ4v) is 8.81. The summed E-state index contributed by atoms with van der Waals surface area (Å²) in [5.41, 5.74) is 0. The van der Waals surface area contributed by atoms with Gasteiger partial charge in [-0.1, -0.05) is 294 Å². The maximum atomic E-state index is 12.5. The van der Waals surface area contributed by atoms with E-state index in [1.54, 1.807) is 6.08 Å². The van der Waals surface area contributed by atoms with E-state index in [2.05, 4.69) is 43.5 Å². The van der Waals surface area contributed by atoms with Crippen LogP contribution in [0.5, 0.6) is 0 Å². The molecule has 0 fully saturated rings. The van der Waals surface area contributed by atoms with E-state index < -0.39 is 24.2 Å². The van der Waals surface area contributed by atoms with Crippen molar-refractivity contribution < 1.29 is 20.1 Å². The first-order valence-electron chi connectivity index (χ1n) is 28.3. The molecule has 0 bridgehead atoms. The Morgan fingerprint density at radius 1 is 0.381 bits per heavy atom. The number of aliphatic hydroxyl groups is 3. The molecule has 5 heteroatoms. The van der Waals surface area contributed by atoms with Gasteiger partial charge in [-0.3, -0.25) is 4.79 Å². The summed E-state index contributed by atoms with van der Waals surface area (Å²) in [4.78, 5) is 12.5. The van der Waals surface area contributed by atoms with E-state index in [9.17, 15) is 20.1 Å². The van der Waals surface area contributed by atoms with E-state index in [1.165, 1.54) is 238 Å². The van der Waals surface area contributed by atoms with Gasteiger partial charge in [-0.25, -0.2) is 0 Å². The highest BCUT2D eigenvalue weighted by Crippen LogP contribution is 2.18. The van der Waals surface area contributed by atoms with Crippen molar-refractivity contribution in [3.8, 4) is 0 Å². The second kappa shape index (κ2) is 53.2. The zero-order chi connectivity index (χ0) is 45.8. The summed E-state index contributed by atoms with van der Waals surface area (Å²) in [5, 5.41) is 33.3. The number of carbonyl (C=O) groups excluding carboxylic acids is 1. The Morgan fingerprint density at radius 2 is 0.651 bits per heavy atom.